The predicted octanol–water partition coefficient (Wildman–Crippen LogP) is 1.77. The number of hydrogen-bond acceptors (Lipinski definition) is 3. The normalized spacial score (nSPS) is 12.3. The second kappa shape index (κ2) is 5.51. The highest BCUT2D eigenvalue weighted by molar-refractivity contribution is 5.84. The Morgan fingerprint density at radius 2 is 2.28 bits per heavy atom. The fourth-order valence-corrected chi connectivity index (χ4v) is 1.87. The Morgan fingerprint density at radius 3 is 3.06 bits per heavy atom. The maximum absolute atomic E-state index is 11.6. The minimum absolute atomic E-state index is 0.195. The van der Waals surface area contributed by atoms with Gasteiger partial charge in [0.05, 0.1) is 0 Å². The number of aromatic amines is 1. The van der Waals surface area contributed by atoms with Crippen LogP contribution in [0.15, 0.2) is 43.1 Å². The lowest BCUT2D eigenvalue weighted by molar-refractivity contribution is -0.143. The Morgan fingerprint density at radius 1 is 1.50 bits per heavy atom. The Balaban J connectivity index is 2.09. The van der Waals surface area contributed by atoms with Gasteiger partial charge in [-0.25, -0.2) is 0 Å². The maximum atomic E-state index is 11.6. The van der Waals surface area contributed by atoms with Crippen LogP contribution in [-0.2, 0) is 16.0 Å². The first-order valence-corrected chi connectivity index (χ1v) is 5.80. The summed E-state index contributed by atoms with van der Waals surface area (Å²) in [5, 5.41) is 1.09. The number of para-hydroxylation sites is 1. The van der Waals surface area contributed by atoms with Gasteiger partial charge in [0.1, 0.15) is 12.6 Å². The van der Waals surface area contributed by atoms with Crippen molar-refractivity contribution in [2.45, 2.75) is 12.5 Å². The van der Waals surface area contributed by atoms with E-state index in [9.17, 15) is 4.79 Å². The molecule has 0 fully saturated rings. The molecular weight excluding hydrogens is 228 g/mol. The maximum Gasteiger partial charge on any atom is 0.323 e. The molecule has 0 aliphatic carbocycles. The van der Waals surface area contributed by atoms with Gasteiger partial charge in [-0.3, -0.25) is 4.79 Å². The standard InChI is InChI=1S/C14H16N2O2/c1-2-7-18-14(17)12(15)8-10-9-16-13-6-4-3-5-11(10)13/h2-6,9,12,16H,1,7-8,15H2/t12-/m1/s1. The number of nitrogens with one attached hydrogen (secondary N) is 1. The zero-order chi connectivity index (χ0) is 13.0. The van der Waals surface area contributed by atoms with Crippen LogP contribution in [0.5, 0.6) is 0 Å². The molecule has 1 aromatic heterocycles. The molecule has 0 saturated carbocycles. The molecule has 0 radical (unpaired) electrons. The molecule has 0 spiro atoms. The number of esters is 1. The van der Waals surface area contributed by atoms with Crippen molar-refractivity contribution in [1.82, 2.24) is 4.98 Å². The highest BCUT2D eigenvalue weighted by atomic mass is 16.5. The first-order chi connectivity index (χ1) is 8.72. The fourth-order valence-electron chi connectivity index (χ4n) is 1.87. The third-order valence-electron chi connectivity index (χ3n) is 2.76. The van der Waals surface area contributed by atoms with E-state index in [0.29, 0.717) is 6.42 Å². The topological polar surface area (TPSA) is 68.1 Å². The highest BCUT2D eigenvalue weighted by Crippen LogP contribution is 2.18. The number of benzene rings is 1. The van der Waals surface area contributed by atoms with Crippen molar-refractivity contribution in [3.8, 4) is 0 Å². The molecule has 0 saturated heterocycles. The van der Waals surface area contributed by atoms with Gasteiger partial charge in [0.2, 0.25) is 0 Å². The van der Waals surface area contributed by atoms with Crippen molar-refractivity contribution >= 4 is 16.9 Å². The fraction of sp³-hybridized carbons (Fsp3) is 0.214. The van der Waals surface area contributed by atoms with Crippen molar-refractivity contribution in [3.63, 3.8) is 0 Å². The van der Waals surface area contributed by atoms with Gasteiger partial charge in [-0.15, -0.1) is 0 Å². The molecule has 2 rings (SSSR count). The number of rotatable bonds is 5. The third-order valence-corrected chi connectivity index (χ3v) is 2.76. The molecule has 94 valence electrons. The number of ether oxygens (including phenoxy) is 1. The van der Waals surface area contributed by atoms with E-state index in [1.165, 1.54) is 6.08 Å². The number of hydrogen-bond donors (Lipinski definition) is 2. The SMILES string of the molecule is C=CCOC(=O)[C@H](N)Cc1c[nH]c2ccccc12. The van der Waals surface area contributed by atoms with Gasteiger partial charge in [-0.2, -0.15) is 0 Å². The Kier molecular flexibility index (Phi) is 3.79. The van der Waals surface area contributed by atoms with E-state index in [4.69, 9.17) is 10.5 Å². The van der Waals surface area contributed by atoms with E-state index >= 15 is 0 Å². The van der Waals surface area contributed by atoms with Crippen LogP contribution in [0.4, 0.5) is 0 Å². The number of H-pyrrole nitrogens is 1. The zero-order valence-corrected chi connectivity index (χ0v) is 10.1. The summed E-state index contributed by atoms with van der Waals surface area (Å²) in [6.45, 7) is 3.68. The molecule has 18 heavy (non-hydrogen) atoms. The molecule has 3 N–H and O–H groups in total. The van der Waals surface area contributed by atoms with Gasteiger partial charge >= 0.3 is 5.97 Å². The largest absolute Gasteiger partial charge is 0.460 e. The molecule has 0 unspecified atom stereocenters. The monoisotopic (exact) mass is 244 g/mol. The van der Waals surface area contributed by atoms with Gasteiger partial charge in [0.25, 0.3) is 0 Å². The molecule has 0 aliphatic rings. The van der Waals surface area contributed by atoms with E-state index < -0.39 is 12.0 Å². The van der Waals surface area contributed by atoms with Crippen LogP contribution >= 0.6 is 0 Å². The van der Waals surface area contributed by atoms with Gasteiger partial charge in [-0.05, 0) is 11.6 Å². The van der Waals surface area contributed by atoms with Gasteiger partial charge in [-0.1, -0.05) is 30.9 Å². The average Bonchev–Trinajstić information content (AvgIpc) is 2.79. The van der Waals surface area contributed by atoms with Gasteiger partial charge in [0, 0.05) is 23.5 Å². The van der Waals surface area contributed by atoms with Crippen LogP contribution in [0.2, 0.25) is 0 Å². The molecule has 4 nitrogen and oxygen atoms in total. The number of carbonyl (C=O) groups is 1. The lowest BCUT2D eigenvalue weighted by Gasteiger charge is -2.09. The first-order valence-electron chi connectivity index (χ1n) is 5.80. The van der Waals surface area contributed by atoms with Crippen LogP contribution in [0.1, 0.15) is 5.56 Å². The molecule has 4 heteroatoms. The number of nitrogens with two attached hydrogens (primary N) is 1. The smallest absolute Gasteiger partial charge is 0.323 e. The van der Waals surface area contributed by atoms with Crippen LogP contribution in [-0.4, -0.2) is 23.6 Å². The van der Waals surface area contributed by atoms with E-state index in [1.54, 1.807) is 0 Å². The summed E-state index contributed by atoms with van der Waals surface area (Å²) in [5.41, 5.74) is 7.88. The van der Waals surface area contributed by atoms with Gasteiger partial charge in [0.15, 0.2) is 0 Å². The number of carbonyl (C=O) groups excluding carboxylic acids is 1. The predicted molar refractivity (Wildman–Crippen MR) is 71.1 cm³/mol. The van der Waals surface area contributed by atoms with Crippen molar-refractivity contribution in [2.24, 2.45) is 5.73 Å². The molecular formula is C14H16N2O2. The van der Waals surface area contributed by atoms with Crippen LogP contribution in [0, 0.1) is 0 Å². The summed E-state index contributed by atoms with van der Waals surface area (Å²) >= 11 is 0. The van der Waals surface area contributed by atoms with E-state index in [-0.39, 0.29) is 6.61 Å². The summed E-state index contributed by atoms with van der Waals surface area (Å²) in [6.07, 6.45) is 3.86. The van der Waals surface area contributed by atoms with Crippen LogP contribution < -0.4 is 5.73 Å². The third kappa shape index (κ3) is 2.60. The minimum atomic E-state index is -0.649. The molecule has 0 amide bonds. The number of aromatic nitrogens is 1. The molecule has 0 aliphatic heterocycles. The summed E-state index contributed by atoms with van der Waals surface area (Å²) in [4.78, 5) is 14.7. The van der Waals surface area contributed by atoms with Crippen molar-refractivity contribution in [3.05, 3.63) is 48.7 Å². The Hall–Kier alpha value is -2.07. The Labute approximate surface area is 105 Å². The zero-order valence-electron chi connectivity index (χ0n) is 10.1. The molecule has 1 atom stereocenters. The van der Waals surface area contributed by atoms with Crippen LogP contribution in [0.25, 0.3) is 10.9 Å². The first kappa shape index (κ1) is 12.4. The second-order valence-electron chi connectivity index (χ2n) is 4.09. The summed E-state index contributed by atoms with van der Waals surface area (Å²) in [5.74, 6) is -0.403. The summed E-state index contributed by atoms with van der Waals surface area (Å²) in [6, 6.07) is 7.26. The quantitative estimate of drug-likeness (QED) is 0.622. The number of fused-ring (bicyclic) bond motifs is 1. The summed E-state index contributed by atoms with van der Waals surface area (Å²) in [7, 11) is 0. The minimum Gasteiger partial charge on any atom is -0.460 e. The van der Waals surface area contributed by atoms with E-state index in [0.717, 1.165) is 16.5 Å². The Bertz CT molecular complexity index is 560. The lowest BCUT2D eigenvalue weighted by atomic mass is 10.1. The van der Waals surface area contributed by atoms with E-state index in [1.807, 2.05) is 30.5 Å². The summed E-state index contributed by atoms with van der Waals surface area (Å²) < 4.78 is 4.92. The molecule has 2 aromatic rings. The lowest BCUT2D eigenvalue weighted by Crippen LogP contribution is -2.34. The van der Waals surface area contributed by atoms with Crippen molar-refractivity contribution in [1.29, 1.82) is 0 Å². The molecule has 1 heterocycles. The van der Waals surface area contributed by atoms with Crippen LogP contribution in [0.3, 0.4) is 0 Å². The second-order valence-corrected chi connectivity index (χ2v) is 4.09. The van der Waals surface area contributed by atoms with Crippen molar-refractivity contribution in [2.75, 3.05) is 6.61 Å². The highest BCUT2D eigenvalue weighted by Gasteiger charge is 2.16. The van der Waals surface area contributed by atoms with E-state index in [2.05, 4.69) is 11.6 Å². The van der Waals surface area contributed by atoms with Crippen molar-refractivity contribution < 1.29 is 9.53 Å². The molecule has 1 aromatic carbocycles. The average molecular weight is 244 g/mol. The van der Waals surface area contributed by atoms with Gasteiger partial charge < -0.3 is 15.5 Å². The molecule has 0 bridgehead atoms.